The van der Waals surface area contributed by atoms with Crippen LogP contribution in [-0.2, 0) is 11.2 Å². The summed E-state index contributed by atoms with van der Waals surface area (Å²) in [4.78, 5) is 22.8. The zero-order valence-electron chi connectivity index (χ0n) is 15.8. The lowest BCUT2D eigenvalue weighted by molar-refractivity contribution is 0.0218. The Bertz CT molecular complexity index is 872. The summed E-state index contributed by atoms with van der Waals surface area (Å²) in [6.45, 7) is 6.95. The van der Waals surface area contributed by atoms with E-state index in [0.29, 0.717) is 13.2 Å². The Morgan fingerprint density at radius 2 is 2.22 bits per heavy atom. The summed E-state index contributed by atoms with van der Waals surface area (Å²) in [6.07, 6.45) is 2.31. The van der Waals surface area contributed by atoms with E-state index < -0.39 is 5.60 Å². The Morgan fingerprint density at radius 1 is 1.41 bits per heavy atom. The first-order chi connectivity index (χ1) is 12.8. The fourth-order valence-electron chi connectivity index (χ4n) is 3.66. The van der Waals surface area contributed by atoms with Crippen LogP contribution < -0.4 is 4.74 Å². The zero-order valence-corrected chi connectivity index (χ0v) is 17.4. The van der Waals surface area contributed by atoms with Crippen molar-refractivity contribution in [2.45, 2.75) is 51.7 Å². The van der Waals surface area contributed by atoms with Crippen molar-refractivity contribution >= 4 is 22.0 Å². The quantitative estimate of drug-likeness (QED) is 0.697. The molecule has 7 heteroatoms. The van der Waals surface area contributed by atoms with E-state index >= 15 is 0 Å². The fraction of sp³-hybridized carbons (Fsp3) is 0.500. The number of halogens is 1. The van der Waals surface area contributed by atoms with Gasteiger partial charge in [-0.05, 0) is 51.8 Å². The molecule has 1 amide bonds. The molecule has 2 aromatic rings. The van der Waals surface area contributed by atoms with Crippen molar-refractivity contribution < 1.29 is 14.3 Å². The third-order valence-corrected chi connectivity index (χ3v) is 5.30. The first kappa shape index (κ1) is 18.3. The van der Waals surface area contributed by atoms with Crippen LogP contribution in [0, 0.1) is 0 Å². The van der Waals surface area contributed by atoms with Crippen LogP contribution in [0.5, 0.6) is 5.75 Å². The lowest BCUT2D eigenvalue weighted by Gasteiger charge is -2.27. The van der Waals surface area contributed by atoms with Crippen LogP contribution in [0.4, 0.5) is 4.79 Å². The van der Waals surface area contributed by atoms with Gasteiger partial charge < -0.3 is 14.5 Å². The lowest BCUT2D eigenvalue weighted by Crippen LogP contribution is -2.36. The predicted octanol–water partition coefficient (Wildman–Crippen LogP) is 4.85. The van der Waals surface area contributed by atoms with Crippen LogP contribution in [0.15, 0.2) is 22.7 Å². The third kappa shape index (κ3) is 3.70. The van der Waals surface area contributed by atoms with E-state index in [1.807, 2.05) is 39.0 Å². The minimum absolute atomic E-state index is 0.0772. The second-order valence-corrected chi connectivity index (χ2v) is 8.94. The maximum absolute atomic E-state index is 12.6. The van der Waals surface area contributed by atoms with Gasteiger partial charge >= 0.3 is 6.09 Å². The second-order valence-electron chi connectivity index (χ2n) is 8.02. The minimum Gasteiger partial charge on any atom is -0.492 e. The van der Waals surface area contributed by atoms with Crippen LogP contribution in [0.1, 0.15) is 51.2 Å². The van der Waals surface area contributed by atoms with E-state index in [4.69, 9.17) is 14.5 Å². The fourth-order valence-corrected chi connectivity index (χ4v) is 4.00. The number of carbonyl (C=O) groups is 1. The Morgan fingerprint density at radius 3 is 3.00 bits per heavy atom. The number of H-pyrrole nitrogens is 1. The molecule has 1 aromatic heterocycles. The number of nitrogens with one attached hydrogen (secondary N) is 1. The van der Waals surface area contributed by atoms with Crippen molar-refractivity contribution in [3.63, 3.8) is 0 Å². The summed E-state index contributed by atoms with van der Waals surface area (Å²) >= 11 is 3.50. The summed E-state index contributed by atoms with van der Waals surface area (Å²) in [5.41, 5.74) is 2.45. The molecule has 0 saturated carbocycles. The van der Waals surface area contributed by atoms with Gasteiger partial charge in [0.15, 0.2) is 0 Å². The van der Waals surface area contributed by atoms with Crippen molar-refractivity contribution in [1.82, 2.24) is 14.9 Å². The molecule has 1 aromatic carbocycles. The standard InChI is InChI=1S/C20H24BrN3O3/c1-20(2,3)27-19(25)24-9-4-5-15(24)18-22-14-8-10-26-16-11-12(21)6-7-13(16)17(14)23-18/h6-7,11,15H,4-5,8-10H2,1-3H3,(H,22,23)/t15-/m0/s1. The molecule has 2 aliphatic heterocycles. The molecule has 3 heterocycles. The van der Waals surface area contributed by atoms with Gasteiger partial charge in [-0.25, -0.2) is 9.78 Å². The molecule has 0 aliphatic carbocycles. The van der Waals surface area contributed by atoms with E-state index in [-0.39, 0.29) is 12.1 Å². The number of ether oxygens (including phenoxy) is 2. The molecule has 144 valence electrons. The average Bonchev–Trinajstić information content (AvgIpc) is 3.17. The predicted molar refractivity (Wildman–Crippen MR) is 106 cm³/mol. The van der Waals surface area contributed by atoms with Gasteiger partial charge in [0.25, 0.3) is 0 Å². The topological polar surface area (TPSA) is 67.5 Å². The minimum atomic E-state index is -0.506. The van der Waals surface area contributed by atoms with Crippen LogP contribution in [0.25, 0.3) is 11.3 Å². The molecular weight excluding hydrogens is 410 g/mol. The largest absolute Gasteiger partial charge is 0.492 e. The number of likely N-dealkylation sites (tertiary alicyclic amines) is 1. The third-order valence-electron chi connectivity index (χ3n) is 4.80. The van der Waals surface area contributed by atoms with Gasteiger partial charge in [0.05, 0.1) is 18.3 Å². The number of hydrogen-bond acceptors (Lipinski definition) is 4. The number of aromatic amines is 1. The molecule has 1 N–H and O–H groups in total. The van der Waals surface area contributed by atoms with Crippen LogP contribution in [-0.4, -0.2) is 39.7 Å². The highest BCUT2D eigenvalue weighted by Gasteiger charge is 2.36. The van der Waals surface area contributed by atoms with Crippen LogP contribution in [0.2, 0.25) is 0 Å². The summed E-state index contributed by atoms with van der Waals surface area (Å²) in [7, 11) is 0. The van der Waals surface area contributed by atoms with E-state index in [2.05, 4.69) is 20.9 Å². The summed E-state index contributed by atoms with van der Waals surface area (Å²) in [5, 5.41) is 0. The van der Waals surface area contributed by atoms with E-state index in [1.54, 1.807) is 4.90 Å². The molecule has 2 aliphatic rings. The number of carbonyl (C=O) groups excluding carboxylic acids is 1. The molecule has 0 spiro atoms. The van der Waals surface area contributed by atoms with E-state index in [1.165, 1.54) is 0 Å². The molecule has 1 atom stereocenters. The highest BCUT2D eigenvalue weighted by Crippen LogP contribution is 2.39. The van der Waals surface area contributed by atoms with Crippen molar-refractivity contribution in [3.8, 4) is 17.0 Å². The number of amides is 1. The number of imidazole rings is 1. The van der Waals surface area contributed by atoms with Gasteiger partial charge in [0.1, 0.15) is 17.2 Å². The smallest absolute Gasteiger partial charge is 0.410 e. The Labute approximate surface area is 167 Å². The maximum atomic E-state index is 12.6. The zero-order chi connectivity index (χ0) is 19.2. The van der Waals surface area contributed by atoms with E-state index in [9.17, 15) is 4.79 Å². The van der Waals surface area contributed by atoms with Gasteiger partial charge in [0.2, 0.25) is 0 Å². The molecule has 1 saturated heterocycles. The Balaban J connectivity index is 1.66. The molecular formula is C20H24BrN3O3. The number of aromatic nitrogens is 2. The number of rotatable bonds is 1. The number of hydrogen-bond donors (Lipinski definition) is 1. The summed E-state index contributed by atoms with van der Waals surface area (Å²) in [6, 6.07) is 5.91. The number of benzene rings is 1. The average molecular weight is 434 g/mol. The molecule has 27 heavy (non-hydrogen) atoms. The number of fused-ring (bicyclic) bond motifs is 3. The Hall–Kier alpha value is -2.02. The first-order valence-corrected chi connectivity index (χ1v) is 10.1. The van der Waals surface area contributed by atoms with Crippen molar-refractivity contribution in [1.29, 1.82) is 0 Å². The SMILES string of the molecule is CC(C)(C)OC(=O)N1CCC[C@H]1c1nc2c([nH]1)CCOc1cc(Br)ccc1-2. The number of nitrogens with zero attached hydrogens (tertiary/aromatic N) is 2. The normalized spacial score (nSPS) is 19.1. The molecule has 1 fully saturated rings. The van der Waals surface area contributed by atoms with Crippen LogP contribution >= 0.6 is 15.9 Å². The molecule has 0 unspecified atom stereocenters. The van der Waals surface area contributed by atoms with Gasteiger partial charge in [-0.15, -0.1) is 0 Å². The van der Waals surface area contributed by atoms with Gasteiger partial charge in [-0.1, -0.05) is 15.9 Å². The van der Waals surface area contributed by atoms with E-state index in [0.717, 1.165) is 52.3 Å². The monoisotopic (exact) mass is 433 g/mol. The summed E-state index contributed by atoms with van der Waals surface area (Å²) < 4.78 is 12.4. The molecule has 0 bridgehead atoms. The van der Waals surface area contributed by atoms with Gasteiger partial charge in [-0.3, -0.25) is 4.90 Å². The maximum Gasteiger partial charge on any atom is 0.410 e. The first-order valence-electron chi connectivity index (χ1n) is 9.33. The van der Waals surface area contributed by atoms with Gasteiger partial charge in [0, 0.05) is 28.7 Å². The lowest BCUT2D eigenvalue weighted by atomic mass is 10.1. The summed E-state index contributed by atoms with van der Waals surface area (Å²) in [5.74, 6) is 1.66. The van der Waals surface area contributed by atoms with Crippen molar-refractivity contribution in [3.05, 3.63) is 34.2 Å². The van der Waals surface area contributed by atoms with Gasteiger partial charge in [-0.2, -0.15) is 0 Å². The Kier molecular flexibility index (Phi) is 4.66. The van der Waals surface area contributed by atoms with Crippen molar-refractivity contribution in [2.24, 2.45) is 0 Å². The highest BCUT2D eigenvalue weighted by atomic mass is 79.9. The van der Waals surface area contributed by atoms with Crippen LogP contribution in [0.3, 0.4) is 0 Å². The molecule has 0 radical (unpaired) electrons. The molecule has 4 rings (SSSR count). The molecule has 6 nitrogen and oxygen atoms in total. The second kappa shape index (κ2) is 6.86. The highest BCUT2D eigenvalue weighted by molar-refractivity contribution is 9.10. The van der Waals surface area contributed by atoms with Crippen molar-refractivity contribution in [2.75, 3.05) is 13.2 Å².